The third kappa shape index (κ3) is 1.69. The highest BCUT2D eigenvalue weighted by molar-refractivity contribution is 5.72. The van der Waals surface area contributed by atoms with Crippen molar-refractivity contribution in [3.63, 3.8) is 0 Å². The molecule has 0 heterocycles. The van der Waals surface area contributed by atoms with Crippen LogP contribution in [0.4, 0.5) is 0 Å². The van der Waals surface area contributed by atoms with Crippen LogP contribution in [0.2, 0.25) is 0 Å². The Hall–Kier alpha value is -0.830. The van der Waals surface area contributed by atoms with E-state index < -0.39 is 12.1 Å². The van der Waals surface area contributed by atoms with Gasteiger partial charge >= 0.3 is 5.97 Å². The molecule has 2 aliphatic carbocycles. The molecule has 3 heteroatoms. The molecule has 1 N–H and O–H groups in total. The molecule has 0 aliphatic heterocycles. The summed E-state index contributed by atoms with van der Waals surface area (Å²) in [6, 6.07) is 0. The normalized spacial score (nSPS) is 36.2. The number of fused-ring (bicyclic) bond motifs is 2. The van der Waals surface area contributed by atoms with Crippen LogP contribution in [0.25, 0.3) is 0 Å². The maximum Gasteiger partial charge on any atom is 0.332 e. The second-order valence-electron chi connectivity index (χ2n) is 4.34. The number of carboxylic acids is 1. The predicted molar refractivity (Wildman–Crippen MR) is 51.9 cm³/mol. The highest BCUT2D eigenvalue weighted by Gasteiger charge is 2.37. The molecule has 0 aromatic heterocycles. The molecule has 0 radical (unpaired) electrons. The SMILES string of the molecule is COC(CC1CC2C=CC1C2)C(=O)O. The molecule has 1 fully saturated rings. The Balaban J connectivity index is 1.91. The monoisotopic (exact) mass is 196 g/mol. The lowest BCUT2D eigenvalue weighted by Gasteiger charge is -2.21. The zero-order chi connectivity index (χ0) is 10.1. The largest absolute Gasteiger partial charge is 0.479 e. The number of aliphatic carboxylic acids is 1. The first-order valence-corrected chi connectivity index (χ1v) is 5.14. The number of carbonyl (C=O) groups is 1. The van der Waals surface area contributed by atoms with Crippen LogP contribution in [-0.4, -0.2) is 24.3 Å². The molecule has 0 spiro atoms. The summed E-state index contributed by atoms with van der Waals surface area (Å²) in [6.07, 6.45) is 6.93. The Labute approximate surface area is 83.8 Å². The van der Waals surface area contributed by atoms with Crippen molar-refractivity contribution >= 4 is 5.97 Å². The van der Waals surface area contributed by atoms with Crippen LogP contribution >= 0.6 is 0 Å². The lowest BCUT2D eigenvalue weighted by molar-refractivity contribution is -0.149. The fraction of sp³-hybridized carbons (Fsp3) is 0.727. The average Bonchev–Trinajstić information content (AvgIpc) is 2.74. The lowest BCUT2D eigenvalue weighted by Crippen LogP contribution is -2.26. The minimum absolute atomic E-state index is 0.519. The van der Waals surface area contributed by atoms with Gasteiger partial charge in [-0.25, -0.2) is 4.79 Å². The van der Waals surface area contributed by atoms with Crippen molar-refractivity contribution in [1.29, 1.82) is 0 Å². The van der Waals surface area contributed by atoms with Gasteiger partial charge in [0.2, 0.25) is 0 Å². The van der Waals surface area contributed by atoms with Crippen molar-refractivity contribution in [1.82, 2.24) is 0 Å². The van der Waals surface area contributed by atoms with Crippen LogP contribution < -0.4 is 0 Å². The molecule has 3 nitrogen and oxygen atoms in total. The van der Waals surface area contributed by atoms with E-state index in [1.54, 1.807) is 0 Å². The Morgan fingerprint density at radius 3 is 2.79 bits per heavy atom. The van der Waals surface area contributed by atoms with Crippen LogP contribution in [-0.2, 0) is 9.53 Å². The van der Waals surface area contributed by atoms with Gasteiger partial charge in [-0.05, 0) is 37.0 Å². The maximum atomic E-state index is 10.8. The number of methoxy groups -OCH3 is 1. The summed E-state index contributed by atoms with van der Waals surface area (Å²) >= 11 is 0. The molecule has 14 heavy (non-hydrogen) atoms. The van der Waals surface area contributed by atoms with Crippen molar-refractivity contribution in [2.75, 3.05) is 7.11 Å². The van der Waals surface area contributed by atoms with Crippen molar-refractivity contribution in [2.45, 2.75) is 25.4 Å². The topological polar surface area (TPSA) is 46.5 Å². The molecule has 2 aliphatic rings. The van der Waals surface area contributed by atoms with Gasteiger partial charge in [0.05, 0.1) is 0 Å². The highest BCUT2D eigenvalue weighted by Crippen LogP contribution is 2.45. The van der Waals surface area contributed by atoms with Crippen molar-refractivity contribution in [3.05, 3.63) is 12.2 Å². The summed E-state index contributed by atoms with van der Waals surface area (Å²) < 4.78 is 4.96. The van der Waals surface area contributed by atoms with E-state index in [0.29, 0.717) is 24.2 Å². The van der Waals surface area contributed by atoms with Crippen molar-refractivity contribution < 1.29 is 14.6 Å². The maximum absolute atomic E-state index is 10.8. The van der Waals surface area contributed by atoms with Gasteiger partial charge in [-0.3, -0.25) is 0 Å². The molecule has 0 saturated heterocycles. The average molecular weight is 196 g/mol. The fourth-order valence-electron chi connectivity index (χ4n) is 2.74. The van der Waals surface area contributed by atoms with Crippen LogP contribution in [0.3, 0.4) is 0 Å². The van der Waals surface area contributed by atoms with E-state index in [9.17, 15) is 4.79 Å². The van der Waals surface area contributed by atoms with Crippen LogP contribution in [0, 0.1) is 17.8 Å². The lowest BCUT2D eigenvalue weighted by atomic mass is 9.88. The van der Waals surface area contributed by atoms with Crippen LogP contribution in [0.15, 0.2) is 12.2 Å². The Bertz CT molecular complexity index is 259. The first kappa shape index (κ1) is 9.71. The predicted octanol–water partition coefficient (Wildman–Crippen LogP) is 1.69. The Morgan fingerprint density at radius 2 is 2.36 bits per heavy atom. The van der Waals surface area contributed by atoms with Crippen molar-refractivity contribution in [3.8, 4) is 0 Å². The molecule has 0 aromatic rings. The fourth-order valence-corrected chi connectivity index (χ4v) is 2.74. The number of carboxylic acid groups (broad SMARTS) is 1. The zero-order valence-corrected chi connectivity index (χ0v) is 8.35. The minimum Gasteiger partial charge on any atom is -0.479 e. The van der Waals surface area contributed by atoms with E-state index in [-0.39, 0.29) is 0 Å². The minimum atomic E-state index is -0.834. The van der Waals surface area contributed by atoms with E-state index in [2.05, 4.69) is 12.2 Å². The van der Waals surface area contributed by atoms with Gasteiger partial charge in [-0.2, -0.15) is 0 Å². The molecule has 0 amide bonds. The zero-order valence-electron chi connectivity index (χ0n) is 8.35. The standard InChI is InChI=1S/C11H16O3/c1-14-10(11(12)13)6-9-5-7-2-3-8(9)4-7/h2-3,7-10H,4-6H2,1H3,(H,12,13). The molecule has 1 saturated carbocycles. The summed E-state index contributed by atoms with van der Waals surface area (Å²) in [7, 11) is 1.47. The summed E-state index contributed by atoms with van der Waals surface area (Å²) in [6.45, 7) is 0. The van der Waals surface area contributed by atoms with E-state index >= 15 is 0 Å². The second kappa shape index (κ2) is 3.73. The first-order chi connectivity index (χ1) is 6.70. The highest BCUT2D eigenvalue weighted by atomic mass is 16.5. The smallest absolute Gasteiger partial charge is 0.332 e. The van der Waals surface area contributed by atoms with E-state index in [0.717, 1.165) is 6.42 Å². The van der Waals surface area contributed by atoms with Crippen LogP contribution in [0.1, 0.15) is 19.3 Å². The molecular weight excluding hydrogens is 180 g/mol. The summed E-state index contributed by atoms with van der Waals surface area (Å²) in [4.78, 5) is 10.8. The molecule has 2 rings (SSSR count). The Kier molecular flexibility index (Phi) is 2.59. The second-order valence-corrected chi connectivity index (χ2v) is 4.34. The van der Waals surface area contributed by atoms with Gasteiger partial charge in [0, 0.05) is 7.11 Å². The summed E-state index contributed by atoms with van der Waals surface area (Å²) in [5.41, 5.74) is 0. The van der Waals surface area contributed by atoms with E-state index in [4.69, 9.17) is 9.84 Å². The molecular formula is C11H16O3. The van der Waals surface area contributed by atoms with Gasteiger partial charge in [0.25, 0.3) is 0 Å². The first-order valence-electron chi connectivity index (χ1n) is 5.14. The molecule has 4 unspecified atom stereocenters. The molecule has 78 valence electrons. The van der Waals surface area contributed by atoms with Gasteiger partial charge < -0.3 is 9.84 Å². The van der Waals surface area contributed by atoms with Crippen LogP contribution in [0.5, 0.6) is 0 Å². The van der Waals surface area contributed by atoms with E-state index in [1.807, 2.05) is 0 Å². The number of rotatable bonds is 4. The van der Waals surface area contributed by atoms with E-state index in [1.165, 1.54) is 13.5 Å². The number of allylic oxidation sites excluding steroid dienone is 2. The van der Waals surface area contributed by atoms with Gasteiger partial charge in [0.15, 0.2) is 6.10 Å². The van der Waals surface area contributed by atoms with Gasteiger partial charge in [-0.15, -0.1) is 0 Å². The quantitative estimate of drug-likeness (QED) is 0.696. The van der Waals surface area contributed by atoms with Gasteiger partial charge in [0.1, 0.15) is 0 Å². The Morgan fingerprint density at radius 1 is 1.57 bits per heavy atom. The van der Waals surface area contributed by atoms with Gasteiger partial charge in [-0.1, -0.05) is 12.2 Å². The third-order valence-corrected chi connectivity index (χ3v) is 3.49. The summed E-state index contributed by atoms with van der Waals surface area (Å²) in [5.74, 6) is 0.999. The molecule has 4 atom stereocenters. The molecule has 0 aromatic carbocycles. The van der Waals surface area contributed by atoms with Crippen molar-refractivity contribution in [2.24, 2.45) is 17.8 Å². The number of hydrogen-bond acceptors (Lipinski definition) is 2. The summed E-state index contributed by atoms with van der Waals surface area (Å²) in [5, 5.41) is 8.86. The number of hydrogen-bond donors (Lipinski definition) is 1. The third-order valence-electron chi connectivity index (χ3n) is 3.49. The molecule has 2 bridgehead atoms. The number of ether oxygens (including phenoxy) is 1.